The third-order valence-electron chi connectivity index (χ3n) is 3.35. The summed E-state index contributed by atoms with van der Waals surface area (Å²) in [5.41, 5.74) is 0.686. The molecule has 0 radical (unpaired) electrons. The highest BCUT2D eigenvalue weighted by molar-refractivity contribution is 7.85. The maximum Gasteiger partial charge on any atom is 0.261 e. The Balaban J connectivity index is 1.95. The average molecular weight is 338 g/mol. The number of halogens is 1. The van der Waals surface area contributed by atoms with Crippen LogP contribution in [0.25, 0.3) is 0 Å². The van der Waals surface area contributed by atoms with Crippen molar-refractivity contribution in [3.8, 4) is 0 Å². The first-order valence-corrected chi connectivity index (χ1v) is 8.38. The molecule has 0 N–H and O–H groups in total. The fraction of sp³-hybridized carbons (Fsp3) is 0.438. The molecule has 7 heteroatoms. The number of amides is 2. The smallest absolute Gasteiger partial charge is 0.261 e. The van der Waals surface area contributed by atoms with Crippen molar-refractivity contribution < 1.29 is 18.2 Å². The summed E-state index contributed by atoms with van der Waals surface area (Å²) in [6, 6.07) is 6.52. The summed E-state index contributed by atoms with van der Waals surface area (Å²) in [5, 5.41) is 0. The summed E-state index contributed by atoms with van der Waals surface area (Å²) in [4.78, 5) is 25.3. The van der Waals surface area contributed by atoms with Gasteiger partial charge in [0.2, 0.25) is 0 Å². The molecule has 1 aromatic carbocycles. The lowest BCUT2D eigenvalue weighted by Gasteiger charge is -2.15. The second kappa shape index (κ2) is 6.70. The maximum absolute atomic E-state index is 13.9. The first-order valence-electron chi connectivity index (χ1n) is 7.27. The Morgan fingerprint density at radius 2 is 1.74 bits per heavy atom. The van der Waals surface area contributed by atoms with E-state index >= 15 is 0 Å². The van der Waals surface area contributed by atoms with Crippen LogP contribution in [0.5, 0.6) is 0 Å². The van der Waals surface area contributed by atoms with Crippen LogP contribution in [-0.2, 0) is 11.0 Å². The van der Waals surface area contributed by atoms with Crippen LogP contribution in [-0.4, -0.2) is 44.6 Å². The van der Waals surface area contributed by atoms with Gasteiger partial charge < -0.3 is 0 Å². The molecule has 1 aromatic rings. The van der Waals surface area contributed by atoms with Crippen molar-refractivity contribution in [1.82, 2.24) is 4.90 Å². The molecule has 23 heavy (non-hydrogen) atoms. The lowest BCUT2D eigenvalue weighted by Crippen LogP contribution is -2.32. The average Bonchev–Trinajstić information content (AvgIpc) is 2.74. The fourth-order valence-electron chi connectivity index (χ4n) is 2.05. The Kier molecular flexibility index (Phi) is 5.09. The number of benzene rings is 1. The van der Waals surface area contributed by atoms with Crippen LogP contribution < -0.4 is 0 Å². The molecule has 124 valence electrons. The molecule has 1 aliphatic heterocycles. The van der Waals surface area contributed by atoms with E-state index in [9.17, 15) is 18.2 Å². The normalized spacial score (nSPS) is 17.7. The minimum absolute atomic E-state index is 0.0400. The lowest BCUT2D eigenvalue weighted by molar-refractivity contribution is 0.0647. The van der Waals surface area contributed by atoms with Crippen LogP contribution in [0.4, 0.5) is 4.39 Å². The molecule has 2 amide bonds. The summed E-state index contributed by atoms with van der Waals surface area (Å²) in [7, 11) is -1.53. The number of nitrogens with zero attached hydrogens (tertiary/aromatic N) is 2. The minimum atomic E-state index is -1.53. The zero-order valence-electron chi connectivity index (χ0n) is 13.3. The molecule has 1 heterocycles. The van der Waals surface area contributed by atoms with Crippen molar-refractivity contribution >= 4 is 29.0 Å². The lowest BCUT2D eigenvalue weighted by atomic mass is 10.1. The molecule has 2 atom stereocenters. The van der Waals surface area contributed by atoms with Gasteiger partial charge in [0.05, 0.1) is 15.9 Å². The van der Waals surface area contributed by atoms with Gasteiger partial charge >= 0.3 is 0 Å². The molecule has 1 aliphatic rings. The van der Waals surface area contributed by atoms with E-state index in [0.717, 1.165) is 11.1 Å². The van der Waals surface area contributed by atoms with E-state index in [1.807, 2.05) is 0 Å². The van der Waals surface area contributed by atoms with Crippen LogP contribution in [0.3, 0.4) is 0 Å². The Bertz CT molecular complexity index is 647. The second-order valence-electron chi connectivity index (χ2n) is 6.23. The number of hydrogen-bond donors (Lipinski definition) is 0. The fourth-order valence-corrected chi connectivity index (χ4v) is 2.61. The summed E-state index contributed by atoms with van der Waals surface area (Å²) in [6.45, 7) is 5.19. The van der Waals surface area contributed by atoms with E-state index < -0.39 is 33.7 Å². The van der Waals surface area contributed by atoms with E-state index in [-0.39, 0.29) is 13.0 Å². The molecule has 0 bridgehead atoms. The first-order chi connectivity index (χ1) is 10.7. The summed E-state index contributed by atoms with van der Waals surface area (Å²) < 4.78 is 28.7. The van der Waals surface area contributed by atoms with Crippen molar-refractivity contribution in [2.24, 2.45) is 4.40 Å². The molecular weight excluding hydrogens is 319 g/mol. The quantitative estimate of drug-likeness (QED) is 0.612. The zero-order chi connectivity index (χ0) is 17.2. The van der Waals surface area contributed by atoms with Crippen molar-refractivity contribution in [1.29, 1.82) is 0 Å². The van der Waals surface area contributed by atoms with Crippen molar-refractivity contribution in [3.05, 3.63) is 35.4 Å². The van der Waals surface area contributed by atoms with Crippen LogP contribution in [0, 0.1) is 0 Å². The third kappa shape index (κ3) is 3.90. The van der Waals surface area contributed by atoms with Crippen molar-refractivity contribution in [3.63, 3.8) is 0 Å². The van der Waals surface area contributed by atoms with E-state index in [1.54, 1.807) is 45.0 Å². The zero-order valence-corrected chi connectivity index (χ0v) is 14.1. The SMILES string of the molecule is CC(C)(C)S(=O)/N=C/[C@H](F)CCN1C(=O)c2ccccc2C1=O. The highest BCUT2D eigenvalue weighted by Gasteiger charge is 2.34. The molecule has 0 spiro atoms. The Labute approximate surface area is 137 Å². The number of alkyl halides is 1. The van der Waals surface area contributed by atoms with E-state index in [4.69, 9.17) is 0 Å². The molecule has 5 nitrogen and oxygen atoms in total. The molecule has 0 aliphatic carbocycles. The van der Waals surface area contributed by atoms with Gasteiger partial charge in [-0.25, -0.2) is 8.60 Å². The van der Waals surface area contributed by atoms with Gasteiger partial charge in [0.1, 0.15) is 17.2 Å². The van der Waals surface area contributed by atoms with Gasteiger partial charge in [-0.15, -0.1) is 0 Å². The third-order valence-corrected chi connectivity index (χ3v) is 4.71. The molecular formula is C16H19FN2O3S. The number of carbonyl (C=O) groups excluding carboxylic acids is 2. The molecule has 0 fully saturated rings. The summed E-state index contributed by atoms with van der Waals surface area (Å²) in [6.07, 6.45) is -0.554. The minimum Gasteiger partial charge on any atom is -0.274 e. The number of carbonyl (C=O) groups is 2. The Morgan fingerprint density at radius 1 is 1.22 bits per heavy atom. The van der Waals surface area contributed by atoms with Gasteiger partial charge in [-0.1, -0.05) is 12.1 Å². The van der Waals surface area contributed by atoms with Crippen molar-refractivity contribution in [2.75, 3.05) is 6.54 Å². The second-order valence-corrected chi connectivity index (χ2v) is 8.16. The standard InChI is InChI=1S/C16H19FN2O3S/c1-16(2,3)23(22)18-10-11(17)8-9-19-14(20)12-6-4-5-7-13(12)15(19)21/h4-7,10-11H,8-9H2,1-3H3/b18-10+/t11-,23?/m1/s1. The molecule has 2 rings (SSSR count). The number of hydrogen-bond acceptors (Lipinski definition) is 3. The monoisotopic (exact) mass is 338 g/mol. The Morgan fingerprint density at radius 3 is 2.22 bits per heavy atom. The Hall–Kier alpha value is -1.89. The van der Waals surface area contributed by atoms with Crippen LogP contribution in [0.15, 0.2) is 28.7 Å². The molecule has 0 aromatic heterocycles. The summed E-state index contributed by atoms with van der Waals surface area (Å²) in [5.74, 6) is -0.819. The molecule has 1 unspecified atom stereocenters. The van der Waals surface area contributed by atoms with Crippen LogP contribution >= 0.6 is 0 Å². The van der Waals surface area contributed by atoms with Gasteiger partial charge in [0, 0.05) is 19.2 Å². The first kappa shape index (κ1) is 17.5. The number of fused-ring (bicyclic) bond motifs is 1. The van der Waals surface area contributed by atoms with Crippen LogP contribution in [0.1, 0.15) is 47.9 Å². The highest BCUT2D eigenvalue weighted by Crippen LogP contribution is 2.22. The number of imide groups is 1. The van der Waals surface area contributed by atoms with Gasteiger partial charge in [-0.2, -0.15) is 4.40 Å². The summed E-state index contributed by atoms with van der Waals surface area (Å²) >= 11 is 0. The molecule has 0 saturated carbocycles. The highest BCUT2D eigenvalue weighted by atomic mass is 32.2. The van der Waals surface area contributed by atoms with Crippen LogP contribution in [0.2, 0.25) is 0 Å². The van der Waals surface area contributed by atoms with Gasteiger partial charge in [-0.05, 0) is 32.9 Å². The number of rotatable bonds is 5. The predicted molar refractivity (Wildman–Crippen MR) is 87.7 cm³/mol. The van der Waals surface area contributed by atoms with E-state index in [2.05, 4.69) is 4.40 Å². The van der Waals surface area contributed by atoms with E-state index in [1.165, 1.54) is 0 Å². The predicted octanol–water partition coefficient (Wildman–Crippen LogP) is 2.54. The van der Waals surface area contributed by atoms with Gasteiger partial charge in [0.15, 0.2) is 0 Å². The topological polar surface area (TPSA) is 66.8 Å². The maximum atomic E-state index is 13.9. The van der Waals surface area contributed by atoms with E-state index in [0.29, 0.717) is 11.1 Å². The molecule has 0 saturated heterocycles. The van der Waals surface area contributed by atoms with Gasteiger partial charge in [-0.3, -0.25) is 14.5 Å². The largest absolute Gasteiger partial charge is 0.274 e. The van der Waals surface area contributed by atoms with Gasteiger partial charge in [0.25, 0.3) is 11.8 Å². The van der Waals surface area contributed by atoms with Crippen molar-refractivity contribution in [2.45, 2.75) is 38.1 Å².